The fraction of sp³-hybridized carbons (Fsp3) is 0.636. The Morgan fingerprint density at radius 2 is 2.27 bits per heavy atom. The SMILES string of the molecule is C=C(C)C(=O)OCC1OC(=O)CC1(C)C. The summed E-state index contributed by atoms with van der Waals surface area (Å²) in [6.07, 6.45) is 0.00996. The summed E-state index contributed by atoms with van der Waals surface area (Å²) in [5, 5.41) is 0. The van der Waals surface area contributed by atoms with Crippen molar-refractivity contribution in [2.45, 2.75) is 33.3 Å². The van der Waals surface area contributed by atoms with E-state index < -0.39 is 5.97 Å². The van der Waals surface area contributed by atoms with Crippen molar-refractivity contribution in [2.75, 3.05) is 6.61 Å². The largest absolute Gasteiger partial charge is 0.458 e. The monoisotopic (exact) mass is 212 g/mol. The first-order chi connectivity index (χ1) is 6.83. The fourth-order valence-electron chi connectivity index (χ4n) is 1.38. The van der Waals surface area contributed by atoms with Gasteiger partial charge in [-0.1, -0.05) is 20.4 Å². The number of rotatable bonds is 3. The maximum atomic E-state index is 11.1. The standard InChI is InChI=1S/C11H16O4/c1-7(2)10(13)14-6-8-11(3,4)5-9(12)15-8/h8H,1,5-6H2,2-4H3. The van der Waals surface area contributed by atoms with E-state index >= 15 is 0 Å². The van der Waals surface area contributed by atoms with Crippen molar-refractivity contribution >= 4 is 11.9 Å². The van der Waals surface area contributed by atoms with Crippen LogP contribution in [-0.2, 0) is 19.1 Å². The molecule has 0 aromatic carbocycles. The summed E-state index contributed by atoms with van der Waals surface area (Å²) in [5.74, 6) is -0.690. The summed E-state index contributed by atoms with van der Waals surface area (Å²) in [6.45, 7) is 8.98. The minimum atomic E-state index is -0.450. The quantitative estimate of drug-likeness (QED) is 0.525. The first kappa shape index (κ1) is 11.8. The summed E-state index contributed by atoms with van der Waals surface area (Å²) in [6, 6.07) is 0. The molecule has 0 aromatic rings. The van der Waals surface area contributed by atoms with Gasteiger partial charge in [0.05, 0.1) is 6.42 Å². The van der Waals surface area contributed by atoms with E-state index in [4.69, 9.17) is 9.47 Å². The molecule has 84 valence electrons. The van der Waals surface area contributed by atoms with Crippen molar-refractivity contribution in [3.8, 4) is 0 Å². The van der Waals surface area contributed by atoms with Crippen LogP contribution in [0.15, 0.2) is 12.2 Å². The number of hydrogen-bond acceptors (Lipinski definition) is 4. The third kappa shape index (κ3) is 2.81. The van der Waals surface area contributed by atoms with Crippen molar-refractivity contribution < 1.29 is 19.1 Å². The first-order valence-corrected chi connectivity index (χ1v) is 4.85. The van der Waals surface area contributed by atoms with E-state index in [1.54, 1.807) is 6.92 Å². The number of carbonyl (C=O) groups is 2. The molecule has 15 heavy (non-hydrogen) atoms. The molecule has 1 unspecified atom stereocenters. The van der Waals surface area contributed by atoms with Gasteiger partial charge in [-0.2, -0.15) is 0 Å². The van der Waals surface area contributed by atoms with E-state index in [0.29, 0.717) is 12.0 Å². The van der Waals surface area contributed by atoms with Crippen molar-refractivity contribution in [1.29, 1.82) is 0 Å². The molecule has 0 spiro atoms. The molecule has 0 bridgehead atoms. The molecule has 0 N–H and O–H groups in total. The summed E-state index contributed by atoms with van der Waals surface area (Å²) >= 11 is 0. The Bertz CT molecular complexity index is 304. The van der Waals surface area contributed by atoms with Gasteiger partial charge in [0.1, 0.15) is 12.7 Å². The highest BCUT2D eigenvalue weighted by molar-refractivity contribution is 5.87. The van der Waals surface area contributed by atoms with Gasteiger partial charge in [-0.15, -0.1) is 0 Å². The highest BCUT2D eigenvalue weighted by atomic mass is 16.6. The van der Waals surface area contributed by atoms with E-state index in [0.717, 1.165) is 0 Å². The van der Waals surface area contributed by atoms with E-state index in [1.807, 2.05) is 13.8 Å². The lowest BCUT2D eigenvalue weighted by atomic mass is 9.86. The van der Waals surface area contributed by atoms with Gasteiger partial charge >= 0.3 is 11.9 Å². The second-order valence-corrected chi connectivity index (χ2v) is 4.52. The topological polar surface area (TPSA) is 52.6 Å². The van der Waals surface area contributed by atoms with Crippen LogP contribution in [0, 0.1) is 5.41 Å². The summed E-state index contributed by atoms with van der Waals surface area (Å²) in [4.78, 5) is 22.2. The van der Waals surface area contributed by atoms with Crippen LogP contribution in [0.1, 0.15) is 27.2 Å². The molecule has 0 radical (unpaired) electrons. The molecule has 0 aliphatic carbocycles. The normalized spacial score (nSPS) is 23.4. The lowest BCUT2D eigenvalue weighted by molar-refractivity contribution is -0.151. The van der Waals surface area contributed by atoms with Crippen LogP contribution >= 0.6 is 0 Å². The number of esters is 2. The minimum Gasteiger partial charge on any atom is -0.458 e. The van der Waals surface area contributed by atoms with Crippen molar-refractivity contribution in [3.05, 3.63) is 12.2 Å². The van der Waals surface area contributed by atoms with Crippen molar-refractivity contribution in [3.63, 3.8) is 0 Å². The van der Waals surface area contributed by atoms with Crippen molar-refractivity contribution in [2.24, 2.45) is 5.41 Å². The Morgan fingerprint density at radius 1 is 1.67 bits per heavy atom. The Kier molecular flexibility index (Phi) is 3.17. The molecule has 0 amide bonds. The number of ether oxygens (including phenoxy) is 2. The lowest BCUT2D eigenvalue weighted by Gasteiger charge is -2.23. The molecular weight excluding hydrogens is 196 g/mol. The van der Waals surface area contributed by atoms with Gasteiger partial charge in [0, 0.05) is 11.0 Å². The van der Waals surface area contributed by atoms with Gasteiger partial charge in [0.2, 0.25) is 0 Å². The predicted molar refractivity (Wildman–Crippen MR) is 54.1 cm³/mol. The van der Waals surface area contributed by atoms with E-state index in [9.17, 15) is 9.59 Å². The number of hydrogen-bond donors (Lipinski definition) is 0. The van der Waals surface area contributed by atoms with Gasteiger partial charge in [-0.05, 0) is 6.92 Å². The smallest absolute Gasteiger partial charge is 0.333 e. The fourth-order valence-corrected chi connectivity index (χ4v) is 1.38. The average Bonchev–Trinajstić information content (AvgIpc) is 2.34. The third-order valence-electron chi connectivity index (χ3n) is 2.46. The second-order valence-electron chi connectivity index (χ2n) is 4.52. The number of carbonyl (C=O) groups excluding carboxylic acids is 2. The Balaban J connectivity index is 2.49. The van der Waals surface area contributed by atoms with Crippen LogP contribution in [0.5, 0.6) is 0 Å². The van der Waals surface area contributed by atoms with Gasteiger partial charge in [-0.25, -0.2) is 4.79 Å². The summed E-state index contributed by atoms with van der Waals surface area (Å²) in [7, 11) is 0. The van der Waals surface area contributed by atoms with Crippen molar-refractivity contribution in [1.82, 2.24) is 0 Å². The van der Waals surface area contributed by atoms with Gasteiger partial charge in [0.15, 0.2) is 0 Å². The molecular formula is C11H16O4. The summed E-state index contributed by atoms with van der Waals surface area (Å²) < 4.78 is 10.0. The summed E-state index contributed by atoms with van der Waals surface area (Å²) in [5.41, 5.74) is 0.0732. The Hall–Kier alpha value is -1.32. The predicted octanol–water partition coefficient (Wildman–Crippen LogP) is 1.45. The Labute approximate surface area is 89.2 Å². The zero-order valence-electron chi connectivity index (χ0n) is 9.33. The zero-order valence-corrected chi connectivity index (χ0v) is 9.33. The molecule has 1 rings (SSSR count). The van der Waals surface area contributed by atoms with Gasteiger partial charge in [-0.3, -0.25) is 4.79 Å². The average molecular weight is 212 g/mol. The van der Waals surface area contributed by atoms with E-state index in [2.05, 4.69) is 6.58 Å². The van der Waals surface area contributed by atoms with Gasteiger partial charge < -0.3 is 9.47 Å². The molecule has 1 atom stereocenters. The molecule has 0 aromatic heterocycles. The van der Waals surface area contributed by atoms with E-state index in [1.165, 1.54) is 0 Å². The molecule has 4 nitrogen and oxygen atoms in total. The molecule has 1 aliphatic rings. The van der Waals surface area contributed by atoms with Crippen LogP contribution in [-0.4, -0.2) is 24.6 Å². The van der Waals surface area contributed by atoms with Crippen LogP contribution in [0.25, 0.3) is 0 Å². The van der Waals surface area contributed by atoms with Gasteiger partial charge in [0.25, 0.3) is 0 Å². The maximum absolute atomic E-state index is 11.1. The Morgan fingerprint density at radius 3 is 2.67 bits per heavy atom. The minimum absolute atomic E-state index is 0.102. The zero-order chi connectivity index (χ0) is 11.6. The number of cyclic esters (lactones) is 1. The molecule has 4 heteroatoms. The highest BCUT2D eigenvalue weighted by Crippen LogP contribution is 2.34. The molecule has 1 aliphatic heterocycles. The highest BCUT2D eigenvalue weighted by Gasteiger charge is 2.42. The molecule has 1 heterocycles. The second kappa shape index (κ2) is 4.04. The van der Waals surface area contributed by atoms with Crippen LogP contribution in [0.2, 0.25) is 0 Å². The molecule has 0 saturated carbocycles. The van der Waals surface area contributed by atoms with Crippen LogP contribution in [0.3, 0.4) is 0 Å². The van der Waals surface area contributed by atoms with Crippen LogP contribution in [0.4, 0.5) is 0 Å². The van der Waals surface area contributed by atoms with Crippen LogP contribution < -0.4 is 0 Å². The molecule has 1 fully saturated rings. The lowest BCUT2D eigenvalue weighted by Crippen LogP contribution is -2.30. The third-order valence-corrected chi connectivity index (χ3v) is 2.46. The maximum Gasteiger partial charge on any atom is 0.333 e. The first-order valence-electron chi connectivity index (χ1n) is 4.85. The van der Waals surface area contributed by atoms with E-state index in [-0.39, 0.29) is 24.1 Å². The molecule has 1 saturated heterocycles.